The van der Waals surface area contributed by atoms with Crippen LogP contribution in [0.1, 0.15) is 39.2 Å². The lowest BCUT2D eigenvalue weighted by Crippen LogP contribution is -2.41. The van der Waals surface area contributed by atoms with E-state index in [1.807, 2.05) is 12.4 Å². The molecule has 0 spiro atoms. The normalized spacial score (nSPS) is 23.4. The zero-order valence-corrected chi connectivity index (χ0v) is 11.5. The van der Waals surface area contributed by atoms with Crippen LogP contribution in [0.4, 0.5) is 0 Å². The number of hydrogen-bond acceptors (Lipinski definition) is 4. The average molecular weight is 261 g/mol. The molecule has 0 aromatic carbocycles. The fourth-order valence-corrected chi connectivity index (χ4v) is 2.28. The summed E-state index contributed by atoms with van der Waals surface area (Å²) in [5.41, 5.74) is 1.97. The van der Waals surface area contributed by atoms with Gasteiger partial charge in [0.05, 0.1) is 12.3 Å². The summed E-state index contributed by atoms with van der Waals surface area (Å²) >= 11 is 0. The van der Waals surface area contributed by atoms with Gasteiger partial charge in [0, 0.05) is 18.0 Å². The van der Waals surface area contributed by atoms with E-state index in [2.05, 4.69) is 30.9 Å². The van der Waals surface area contributed by atoms with E-state index in [0.29, 0.717) is 5.88 Å². The zero-order chi connectivity index (χ0) is 13.6. The SMILES string of the molecule is CC(C)(C)c1cnn2ccnc(OC3CCC3O)c12. The molecule has 2 aromatic heterocycles. The van der Waals surface area contributed by atoms with Crippen LogP contribution < -0.4 is 4.74 Å². The minimum absolute atomic E-state index is 0.0267. The van der Waals surface area contributed by atoms with Gasteiger partial charge in [0.15, 0.2) is 0 Å². The third-order valence-corrected chi connectivity index (χ3v) is 3.64. The van der Waals surface area contributed by atoms with Gasteiger partial charge in [-0.15, -0.1) is 0 Å². The van der Waals surface area contributed by atoms with E-state index < -0.39 is 0 Å². The van der Waals surface area contributed by atoms with Crippen LogP contribution in [0.2, 0.25) is 0 Å². The summed E-state index contributed by atoms with van der Waals surface area (Å²) in [4.78, 5) is 4.32. The lowest BCUT2D eigenvalue weighted by Gasteiger charge is -2.32. The molecule has 2 unspecified atom stereocenters. The van der Waals surface area contributed by atoms with Crippen LogP contribution in [0.25, 0.3) is 5.52 Å². The van der Waals surface area contributed by atoms with Gasteiger partial charge in [-0.1, -0.05) is 20.8 Å². The number of aliphatic hydroxyl groups is 1. The van der Waals surface area contributed by atoms with Gasteiger partial charge in [0.2, 0.25) is 5.88 Å². The predicted molar refractivity (Wildman–Crippen MR) is 71.3 cm³/mol. The second-order valence-corrected chi connectivity index (χ2v) is 6.13. The molecule has 0 aliphatic heterocycles. The fourth-order valence-electron chi connectivity index (χ4n) is 2.28. The molecule has 102 valence electrons. The van der Waals surface area contributed by atoms with Crippen molar-refractivity contribution in [3.8, 4) is 5.88 Å². The van der Waals surface area contributed by atoms with E-state index in [1.54, 1.807) is 10.7 Å². The van der Waals surface area contributed by atoms with Gasteiger partial charge in [0.25, 0.3) is 0 Å². The number of hydrogen-bond donors (Lipinski definition) is 1. The van der Waals surface area contributed by atoms with Crippen molar-refractivity contribution in [2.24, 2.45) is 0 Å². The average Bonchev–Trinajstić information content (AvgIpc) is 2.78. The summed E-state index contributed by atoms with van der Waals surface area (Å²) in [6, 6.07) is 0. The minimum atomic E-state index is -0.372. The lowest BCUT2D eigenvalue weighted by molar-refractivity contribution is -0.0377. The Morgan fingerprint density at radius 3 is 2.74 bits per heavy atom. The van der Waals surface area contributed by atoms with E-state index >= 15 is 0 Å². The van der Waals surface area contributed by atoms with Crippen molar-refractivity contribution in [2.45, 2.75) is 51.2 Å². The number of fused-ring (bicyclic) bond motifs is 1. The van der Waals surface area contributed by atoms with Crippen molar-refractivity contribution >= 4 is 5.52 Å². The van der Waals surface area contributed by atoms with Crippen LogP contribution in [-0.2, 0) is 5.41 Å². The van der Waals surface area contributed by atoms with Gasteiger partial charge < -0.3 is 9.84 Å². The monoisotopic (exact) mass is 261 g/mol. The van der Waals surface area contributed by atoms with Crippen LogP contribution >= 0.6 is 0 Å². The molecule has 0 amide bonds. The Kier molecular flexibility index (Phi) is 2.74. The smallest absolute Gasteiger partial charge is 0.240 e. The predicted octanol–water partition coefficient (Wildman–Crippen LogP) is 1.93. The number of aliphatic hydroxyl groups excluding tert-OH is 1. The Morgan fingerprint density at radius 2 is 2.16 bits per heavy atom. The zero-order valence-electron chi connectivity index (χ0n) is 11.5. The Hall–Kier alpha value is -1.62. The topological polar surface area (TPSA) is 59.7 Å². The molecule has 3 rings (SSSR count). The van der Waals surface area contributed by atoms with E-state index in [0.717, 1.165) is 23.9 Å². The summed E-state index contributed by atoms with van der Waals surface area (Å²) in [6.45, 7) is 6.41. The molecule has 1 N–H and O–H groups in total. The van der Waals surface area contributed by atoms with Crippen molar-refractivity contribution in [2.75, 3.05) is 0 Å². The van der Waals surface area contributed by atoms with Crippen molar-refractivity contribution in [3.05, 3.63) is 24.2 Å². The van der Waals surface area contributed by atoms with Crippen LogP contribution in [0.5, 0.6) is 5.88 Å². The molecule has 2 heterocycles. The molecular weight excluding hydrogens is 242 g/mol. The molecule has 1 saturated carbocycles. The molecule has 1 aliphatic carbocycles. The van der Waals surface area contributed by atoms with Gasteiger partial charge >= 0.3 is 0 Å². The number of rotatable bonds is 2. The van der Waals surface area contributed by atoms with Crippen LogP contribution in [0.3, 0.4) is 0 Å². The minimum Gasteiger partial charge on any atom is -0.470 e. The fraction of sp³-hybridized carbons (Fsp3) is 0.571. The molecule has 2 aromatic rings. The van der Waals surface area contributed by atoms with Crippen molar-refractivity contribution < 1.29 is 9.84 Å². The Labute approximate surface area is 112 Å². The maximum atomic E-state index is 9.65. The lowest BCUT2D eigenvalue weighted by atomic mass is 9.88. The molecular formula is C14H19N3O2. The molecule has 5 heteroatoms. The molecule has 19 heavy (non-hydrogen) atoms. The van der Waals surface area contributed by atoms with Gasteiger partial charge in [-0.3, -0.25) is 0 Å². The molecule has 1 fully saturated rings. The number of ether oxygens (including phenoxy) is 1. The second kappa shape index (κ2) is 4.20. The number of nitrogens with zero attached hydrogens (tertiary/aromatic N) is 3. The summed E-state index contributed by atoms with van der Waals surface area (Å²) in [5.74, 6) is 0.564. The highest BCUT2D eigenvalue weighted by molar-refractivity contribution is 5.64. The molecule has 5 nitrogen and oxygen atoms in total. The molecule has 2 atom stereocenters. The van der Waals surface area contributed by atoms with Crippen molar-refractivity contribution in [1.82, 2.24) is 14.6 Å². The summed E-state index contributed by atoms with van der Waals surface area (Å²) in [5, 5.41) is 14.0. The number of aromatic nitrogens is 3. The van der Waals surface area contributed by atoms with E-state index in [1.165, 1.54) is 0 Å². The third kappa shape index (κ3) is 2.08. The summed E-state index contributed by atoms with van der Waals surface area (Å²) < 4.78 is 7.63. The van der Waals surface area contributed by atoms with E-state index in [9.17, 15) is 5.11 Å². The van der Waals surface area contributed by atoms with Gasteiger partial charge in [0.1, 0.15) is 11.6 Å². The standard InChI is InChI=1S/C14H19N3O2/c1-14(2,3)9-8-16-17-7-6-15-13(12(9)17)19-11-5-4-10(11)18/h6-8,10-11,18H,4-5H2,1-3H3. The van der Waals surface area contributed by atoms with Crippen LogP contribution in [-0.4, -0.2) is 31.9 Å². The largest absolute Gasteiger partial charge is 0.470 e. The highest BCUT2D eigenvalue weighted by Gasteiger charge is 2.32. The first-order chi connectivity index (χ1) is 8.97. The quantitative estimate of drug-likeness (QED) is 0.897. The molecule has 0 saturated heterocycles. The van der Waals surface area contributed by atoms with Crippen molar-refractivity contribution in [1.29, 1.82) is 0 Å². The van der Waals surface area contributed by atoms with Gasteiger partial charge in [-0.05, 0) is 18.3 Å². The molecule has 0 radical (unpaired) electrons. The molecule has 1 aliphatic rings. The second-order valence-electron chi connectivity index (χ2n) is 6.13. The van der Waals surface area contributed by atoms with Crippen LogP contribution in [0.15, 0.2) is 18.6 Å². The highest BCUT2D eigenvalue weighted by Crippen LogP contribution is 2.33. The van der Waals surface area contributed by atoms with E-state index in [4.69, 9.17) is 4.74 Å². The Bertz CT molecular complexity index is 600. The van der Waals surface area contributed by atoms with Gasteiger partial charge in [-0.25, -0.2) is 9.50 Å². The summed E-state index contributed by atoms with van der Waals surface area (Å²) in [7, 11) is 0. The molecule has 0 bridgehead atoms. The highest BCUT2D eigenvalue weighted by atomic mass is 16.5. The first-order valence-corrected chi connectivity index (χ1v) is 6.64. The first-order valence-electron chi connectivity index (χ1n) is 6.64. The third-order valence-electron chi connectivity index (χ3n) is 3.64. The first kappa shape index (κ1) is 12.4. The summed E-state index contributed by atoms with van der Waals surface area (Å²) in [6.07, 6.45) is 6.52. The van der Waals surface area contributed by atoms with Crippen LogP contribution in [0, 0.1) is 0 Å². The van der Waals surface area contributed by atoms with Crippen molar-refractivity contribution in [3.63, 3.8) is 0 Å². The Morgan fingerprint density at radius 1 is 1.37 bits per heavy atom. The maximum absolute atomic E-state index is 9.65. The van der Waals surface area contributed by atoms with Gasteiger partial charge in [-0.2, -0.15) is 5.10 Å². The van der Waals surface area contributed by atoms with E-state index in [-0.39, 0.29) is 17.6 Å². The maximum Gasteiger partial charge on any atom is 0.240 e. The Balaban J connectivity index is 2.05.